The van der Waals surface area contributed by atoms with Crippen molar-refractivity contribution in [3.63, 3.8) is 0 Å². The number of halogens is 1. The third-order valence-corrected chi connectivity index (χ3v) is 6.46. The SMILES string of the molecule is CC(C)(C)C1CCc2nc3ccccc3c(C(=O)OCC(=O)Nc3cc([N+](=O)[O-])ccc3F)c2C1. The molecule has 35 heavy (non-hydrogen) atoms. The molecule has 182 valence electrons. The van der Waals surface area contributed by atoms with Crippen molar-refractivity contribution >= 4 is 34.2 Å². The first-order valence-corrected chi connectivity index (χ1v) is 11.4. The number of rotatable bonds is 5. The minimum absolute atomic E-state index is 0.0484. The zero-order valence-electron chi connectivity index (χ0n) is 19.8. The second-order valence-electron chi connectivity index (χ2n) is 9.78. The number of carbonyl (C=O) groups excluding carboxylic acids is 2. The van der Waals surface area contributed by atoms with Crippen LogP contribution in [0.3, 0.4) is 0 Å². The number of anilines is 1. The Kier molecular flexibility index (Phi) is 6.51. The van der Waals surface area contributed by atoms with Gasteiger partial charge in [0.25, 0.3) is 11.6 Å². The number of benzene rings is 2. The summed E-state index contributed by atoms with van der Waals surface area (Å²) >= 11 is 0. The zero-order valence-corrected chi connectivity index (χ0v) is 19.8. The van der Waals surface area contributed by atoms with Crippen molar-refractivity contribution in [1.82, 2.24) is 4.98 Å². The number of carbonyl (C=O) groups is 2. The molecular formula is C26H26FN3O5. The van der Waals surface area contributed by atoms with E-state index >= 15 is 0 Å². The number of nitro groups is 1. The minimum Gasteiger partial charge on any atom is -0.452 e. The molecule has 0 saturated carbocycles. The first-order chi connectivity index (χ1) is 16.5. The normalized spacial score (nSPS) is 15.4. The lowest BCUT2D eigenvalue weighted by atomic mass is 9.70. The second-order valence-corrected chi connectivity index (χ2v) is 9.78. The standard InChI is InChI=1S/C26H26FN3O5/c1-26(2,3)15-8-11-21-18(12-15)24(17-6-4-5-7-20(17)28-21)25(32)35-14-23(31)29-22-13-16(30(33)34)9-10-19(22)27/h4-7,9-10,13,15H,8,11-12,14H2,1-3H3,(H,29,31). The van der Waals surface area contributed by atoms with Gasteiger partial charge >= 0.3 is 5.97 Å². The third-order valence-electron chi connectivity index (χ3n) is 6.46. The molecule has 1 N–H and O–H groups in total. The average molecular weight is 480 g/mol. The summed E-state index contributed by atoms with van der Waals surface area (Å²) in [5.74, 6) is -1.95. The van der Waals surface area contributed by atoms with Crippen LogP contribution in [0.5, 0.6) is 0 Å². The Hall–Kier alpha value is -3.88. The molecule has 1 amide bonds. The molecular weight excluding hydrogens is 453 g/mol. The van der Waals surface area contributed by atoms with Gasteiger partial charge < -0.3 is 10.1 Å². The van der Waals surface area contributed by atoms with E-state index in [9.17, 15) is 24.1 Å². The smallest absolute Gasteiger partial charge is 0.339 e. The fraction of sp³-hybridized carbons (Fsp3) is 0.346. The molecule has 0 aliphatic heterocycles. The van der Waals surface area contributed by atoms with Crippen molar-refractivity contribution in [2.45, 2.75) is 40.0 Å². The van der Waals surface area contributed by atoms with Gasteiger partial charge in [0, 0.05) is 23.2 Å². The number of ether oxygens (including phenoxy) is 1. The van der Waals surface area contributed by atoms with Gasteiger partial charge in [-0.3, -0.25) is 19.9 Å². The molecule has 4 rings (SSSR count). The van der Waals surface area contributed by atoms with E-state index in [0.29, 0.717) is 28.8 Å². The number of non-ortho nitro benzene ring substituents is 1. The molecule has 0 saturated heterocycles. The molecule has 3 aromatic rings. The lowest BCUT2D eigenvalue weighted by molar-refractivity contribution is -0.384. The molecule has 0 spiro atoms. The van der Waals surface area contributed by atoms with Crippen LogP contribution in [0.4, 0.5) is 15.8 Å². The van der Waals surface area contributed by atoms with Gasteiger partial charge in [-0.05, 0) is 48.3 Å². The van der Waals surface area contributed by atoms with E-state index in [2.05, 4.69) is 26.1 Å². The lowest BCUT2D eigenvalue weighted by Gasteiger charge is -2.35. The predicted molar refractivity (Wildman–Crippen MR) is 129 cm³/mol. The molecule has 9 heteroatoms. The lowest BCUT2D eigenvalue weighted by Crippen LogP contribution is -2.29. The minimum atomic E-state index is -0.835. The second kappa shape index (κ2) is 9.40. The predicted octanol–water partition coefficient (Wildman–Crippen LogP) is 5.23. The Morgan fingerprint density at radius 3 is 2.69 bits per heavy atom. The molecule has 8 nitrogen and oxygen atoms in total. The summed E-state index contributed by atoms with van der Waals surface area (Å²) in [5.41, 5.74) is 2.09. The van der Waals surface area contributed by atoms with Crippen molar-refractivity contribution in [2.75, 3.05) is 11.9 Å². The van der Waals surface area contributed by atoms with Crippen LogP contribution in [0.25, 0.3) is 10.9 Å². The fourth-order valence-electron chi connectivity index (χ4n) is 4.47. The van der Waals surface area contributed by atoms with E-state index in [1.807, 2.05) is 18.2 Å². The maximum Gasteiger partial charge on any atom is 0.339 e. The third kappa shape index (κ3) is 5.13. The Morgan fingerprint density at radius 1 is 1.23 bits per heavy atom. The van der Waals surface area contributed by atoms with Crippen molar-refractivity contribution < 1.29 is 23.6 Å². The fourth-order valence-corrected chi connectivity index (χ4v) is 4.47. The Morgan fingerprint density at radius 2 is 1.97 bits per heavy atom. The number of nitrogens with zero attached hydrogens (tertiary/aromatic N) is 2. The summed E-state index contributed by atoms with van der Waals surface area (Å²) in [6.07, 6.45) is 2.38. The van der Waals surface area contributed by atoms with Gasteiger partial charge in [0.05, 0.1) is 21.7 Å². The number of nitrogens with one attached hydrogen (secondary N) is 1. The van der Waals surface area contributed by atoms with Crippen LogP contribution >= 0.6 is 0 Å². The average Bonchev–Trinajstić information content (AvgIpc) is 2.81. The number of pyridine rings is 1. The highest BCUT2D eigenvalue weighted by atomic mass is 19.1. The number of fused-ring (bicyclic) bond motifs is 2. The molecule has 1 aromatic heterocycles. The van der Waals surface area contributed by atoms with E-state index in [-0.39, 0.29) is 16.8 Å². The molecule has 2 aromatic carbocycles. The van der Waals surface area contributed by atoms with Gasteiger partial charge in [-0.15, -0.1) is 0 Å². The van der Waals surface area contributed by atoms with Crippen LogP contribution in [0, 0.1) is 27.3 Å². The number of para-hydroxylation sites is 1. The summed E-state index contributed by atoms with van der Waals surface area (Å²) in [4.78, 5) is 40.6. The van der Waals surface area contributed by atoms with Crippen molar-refractivity contribution in [2.24, 2.45) is 11.3 Å². The maximum absolute atomic E-state index is 14.0. The number of aryl methyl sites for hydroxylation is 1. The summed E-state index contributed by atoms with van der Waals surface area (Å²) in [5, 5.41) is 13.8. The summed E-state index contributed by atoms with van der Waals surface area (Å²) in [6.45, 7) is 5.85. The van der Waals surface area contributed by atoms with Crippen LogP contribution in [0.15, 0.2) is 42.5 Å². The summed E-state index contributed by atoms with van der Waals surface area (Å²) in [7, 11) is 0. The largest absolute Gasteiger partial charge is 0.452 e. The Bertz CT molecular complexity index is 1330. The first kappa shape index (κ1) is 24.3. The monoisotopic (exact) mass is 479 g/mol. The molecule has 0 radical (unpaired) electrons. The van der Waals surface area contributed by atoms with Crippen molar-refractivity contribution in [1.29, 1.82) is 0 Å². The number of nitro benzene ring substituents is 1. The Labute approximate surface area is 201 Å². The molecule has 1 heterocycles. The highest BCUT2D eigenvalue weighted by Gasteiger charge is 2.33. The molecule has 1 unspecified atom stereocenters. The van der Waals surface area contributed by atoms with E-state index in [0.717, 1.165) is 42.3 Å². The molecule has 1 atom stereocenters. The van der Waals surface area contributed by atoms with E-state index < -0.39 is 29.2 Å². The van der Waals surface area contributed by atoms with Gasteiger partial charge in [-0.2, -0.15) is 0 Å². The molecule has 0 fully saturated rings. The molecule has 0 bridgehead atoms. The van der Waals surface area contributed by atoms with E-state index in [1.54, 1.807) is 6.07 Å². The highest BCUT2D eigenvalue weighted by molar-refractivity contribution is 6.06. The van der Waals surface area contributed by atoms with Gasteiger partial charge in [0.1, 0.15) is 5.82 Å². The molecule has 1 aliphatic carbocycles. The highest BCUT2D eigenvalue weighted by Crippen LogP contribution is 2.39. The first-order valence-electron chi connectivity index (χ1n) is 11.4. The summed E-state index contributed by atoms with van der Waals surface area (Å²) in [6, 6.07) is 10.1. The van der Waals surface area contributed by atoms with Crippen molar-refractivity contribution in [3.05, 3.63) is 75.2 Å². The number of aromatic nitrogens is 1. The number of esters is 1. The van der Waals surface area contributed by atoms with Gasteiger partial charge in [-0.25, -0.2) is 9.18 Å². The summed E-state index contributed by atoms with van der Waals surface area (Å²) < 4.78 is 19.3. The van der Waals surface area contributed by atoms with Gasteiger partial charge in [0.15, 0.2) is 6.61 Å². The number of hydrogen-bond donors (Lipinski definition) is 1. The number of hydrogen-bond acceptors (Lipinski definition) is 6. The number of amides is 1. The zero-order chi connectivity index (χ0) is 25.3. The van der Waals surface area contributed by atoms with Crippen LogP contribution in [0.1, 0.15) is 48.8 Å². The van der Waals surface area contributed by atoms with Crippen LogP contribution in [-0.4, -0.2) is 28.4 Å². The van der Waals surface area contributed by atoms with Gasteiger partial charge in [-0.1, -0.05) is 39.0 Å². The maximum atomic E-state index is 14.0. The van der Waals surface area contributed by atoms with E-state index in [4.69, 9.17) is 9.72 Å². The van der Waals surface area contributed by atoms with Gasteiger partial charge in [0.2, 0.25) is 0 Å². The quantitative estimate of drug-likeness (QED) is 0.305. The van der Waals surface area contributed by atoms with E-state index in [1.165, 1.54) is 0 Å². The van der Waals surface area contributed by atoms with Crippen LogP contribution < -0.4 is 5.32 Å². The van der Waals surface area contributed by atoms with Crippen LogP contribution in [0.2, 0.25) is 0 Å². The topological polar surface area (TPSA) is 111 Å². The van der Waals surface area contributed by atoms with Crippen molar-refractivity contribution in [3.8, 4) is 0 Å². The van der Waals surface area contributed by atoms with Crippen LogP contribution in [-0.2, 0) is 22.4 Å². The molecule has 1 aliphatic rings. The Balaban J connectivity index is 1.58.